The average Bonchev–Trinajstić information content (AvgIpc) is 3.47. The van der Waals surface area contributed by atoms with Gasteiger partial charge in [0, 0.05) is 19.6 Å². The Hall–Kier alpha value is -2.06. The smallest absolute Gasteiger partial charge is 0.233 e. The van der Waals surface area contributed by atoms with Gasteiger partial charge in [-0.25, -0.2) is 0 Å². The maximum Gasteiger partial charge on any atom is 0.233 e. The van der Waals surface area contributed by atoms with Crippen molar-refractivity contribution in [2.45, 2.75) is 62.8 Å². The van der Waals surface area contributed by atoms with Crippen LogP contribution in [-0.2, 0) is 9.53 Å². The van der Waals surface area contributed by atoms with Crippen LogP contribution >= 0.6 is 11.8 Å². The maximum absolute atomic E-state index is 13.2. The number of ether oxygens (including phenoxy) is 1. The number of nitrogens with zero attached hydrogens (tertiary/aromatic N) is 5. The number of anilines is 1. The van der Waals surface area contributed by atoms with Crippen molar-refractivity contribution >= 4 is 23.6 Å². The van der Waals surface area contributed by atoms with Gasteiger partial charge in [0.15, 0.2) is 5.16 Å². The molecule has 2 saturated heterocycles. The quantitative estimate of drug-likeness (QED) is 0.663. The van der Waals surface area contributed by atoms with Gasteiger partial charge in [0.05, 0.1) is 30.2 Å². The molecule has 1 aromatic carbocycles. The Morgan fingerprint density at radius 3 is 2.65 bits per heavy atom. The van der Waals surface area contributed by atoms with E-state index in [1.54, 1.807) is 0 Å². The normalized spacial score (nSPS) is 23.8. The third kappa shape index (κ3) is 4.32. The maximum atomic E-state index is 13.2. The number of aryl methyl sites for hydroxylation is 1. The highest BCUT2D eigenvalue weighted by molar-refractivity contribution is 7.99. The number of thioether (sulfide) groups is 1. The van der Waals surface area contributed by atoms with E-state index >= 15 is 0 Å². The zero-order valence-electron chi connectivity index (χ0n) is 18.2. The molecule has 0 spiro atoms. The van der Waals surface area contributed by atoms with Gasteiger partial charge in [-0.1, -0.05) is 42.3 Å². The lowest BCUT2D eigenvalue weighted by atomic mass is 9.90. The molecule has 3 fully saturated rings. The van der Waals surface area contributed by atoms with Crippen LogP contribution < -0.4 is 4.90 Å². The number of morpholine rings is 1. The van der Waals surface area contributed by atoms with E-state index in [9.17, 15) is 4.79 Å². The van der Waals surface area contributed by atoms with Crippen molar-refractivity contribution < 1.29 is 9.53 Å². The molecule has 0 bridgehead atoms. The van der Waals surface area contributed by atoms with Crippen molar-refractivity contribution in [1.29, 1.82) is 0 Å². The molecule has 166 valence electrons. The summed E-state index contributed by atoms with van der Waals surface area (Å²) in [6.45, 7) is 5.45. The molecule has 2 aromatic rings. The minimum Gasteiger partial charge on any atom is -0.374 e. The van der Waals surface area contributed by atoms with Gasteiger partial charge in [0.1, 0.15) is 0 Å². The Kier molecular flexibility index (Phi) is 6.18. The molecule has 8 heteroatoms. The van der Waals surface area contributed by atoms with E-state index in [0.29, 0.717) is 18.9 Å². The molecule has 1 saturated carbocycles. The van der Waals surface area contributed by atoms with Crippen LogP contribution in [0.15, 0.2) is 29.4 Å². The fourth-order valence-corrected chi connectivity index (χ4v) is 5.85. The third-order valence-electron chi connectivity index (χ3n) is 6.67. The van der Waals surface area contributed by atoms with E-state index < -0.39 is 0 Å². The second-order valence-corrected chi connectivity index (χ2v) is 9.73. The summed E-state index contributed by atoms with van der Waals surface area (Å²) in [6, 6.07) is 8.68. The first-order valence-corrected chi connectivity index (χ1v) is 12.5. The summed E-state index contributed by atoms with van der Waals surface area (Å²) in [5.74, 6) is 1.45. The lowest BCUT2D eigenvalue weighted by molar-refractivity contribution is -0.146. The highest BCUT2D eigenvalue weighted by atomic mass is 32.2. The van der Waals surface area contributed by atoms with Crippen LogP contribution in [0.3, 0.4) is 0 Å². The van der Waals surface area contributed by atoms with Gasteiger partial charge in [-0.05, 0) is 44.7 Å². The Bertz CT molecular complexity index is 907. The summed E-state index contributed by atoms with van der Waals surface area (Å²) in [5, 5.41) is 9.81. The van der Waals surface area contributed by atoms with E-state index in [0.717, 1.165) is 42.7 Å². The Balaban J connectivity index is 1.35. The van der Waals surface area contributed by atoms with E-state index in [4.69, 9.17) is 4.74 Å². The molecule has 0 N–H and O–H groups in total. The summed E-state index contributed by atoms with van der Waals surface area (Å²) < 4.78 is 8.06. The van der Waals surface area contributed by atoms with Crippen molar-refractivity contribution in [1.82, 2.24) is 19.7 Å². The van der Waals surface area contributed by atoms with E-state index in [2.05, 4.69) is 55.8 Å². The van der Waals surface area contributed by atoms with Crippen molar-refractivity contribution in [2.75, 3.05) is 36.9 Å². The number of carbonyl (C=O) groups is 1. The van der Waals surface area contributed by atoms with Crippen LogP contribution in [0.2, 0.25) is 0 Å². The van der Waals surface area contributed by atoms with Gasteiger partial charge in [-0.3, -0.25) is 9.36 Å². The fraction of sp³-hybridized carbons (Fsp3) is 0.609. The number of aromatic nitrogens is 3. The molecular weight excluding hydrogens is 410 g/mol. The fourth-order valence-electron chi connectivity index (χ4n) is 5.01. The van der Waals surface area contributed by atoms with Gasteiger partial charge in [-0.15, -0.1) is 10.2 Å². The zero-order chi connectivity index (χ0) is 21.2. The molecule has 2 aliphatic heterocycles. The first kappa shape index (κ1) is 20.8. The van der Waals surface area contributed by atoms with E-state index in [-0.39, 0.29) is 18.1 Å². The second-order valence-electron chi connectivity index (χ2n) is 8.78. The number of carbonyl (C=O) groups excluding carboxylic acids is 1. The number of benzene rings is 1. The molecule has 3 heterocycles. The standard InChI is InChI=1S/C23H31N5O2S/c1-17-8-10-18(11-9-17)28-22(26-12-4-5-13-26)24-25-23(28)31-16-21(29)27-14-15-30-20-7-3-2-6-19(20)27/h8-11,19-20H,2-7,12-16H2,1H3. The molecule has 2 atom stereocenters. The molecule has 1 amide bonds. The average molecular weight is 442 g/mol. The monoisotopic (exact) mass is 441 g/mol. The number of rotatable bonds is 5. The first-order chi connectivity index (χ1) is 15.2. The van der Waals surface area contributed by atoms with Crippen LogP contribution in [0.4, 0.5) is 5.95 Å². The second kappa shape index (κ2) is 9.20. The Morgan fingerprint density at radius 1 is 1.06 bits per heavy atom. The number of amides is 1. The van der Waals surface area contributed by atoms with Gasteiger partial charge in [0.2, 0.25) is 11.9 Å². The van der Waals surface area contributed by atoms with Gasteiger partial charge in [-0.2, -0.15) is 0 Å². The zero-order valence-corrected chi connectivity index (χ0v) is 19.0. The van der Waals surface area contributed by atoms with Crippen LogP contribution in [0.1, 0.15) is 44.1 Å². The first-order valence-electron chi connectivity index (χ1n) is 11.5. The molecule has 1 aromatic heterocycles. The molecule has 5 rings (SSSR count). The van der Waals surface area contributed by atoms with Crippen LogP contribution in [0.25, 0.3) is 5.69 Å². The lowest BCUT2D eigenvalue weighted by Gasteiger charge is -2.43. The van der Waals surface area contributed by atoms with Crippen LogP contribution in [0.5, 0.6) is 0 Å². The SMILES string of the molecule is Cc1ccc(-n2c(SCC(=O)N3CCOC4CCCCC43)nnc2N2CCCC2)cc1. The van der Waals surface area contributed by atoms with Gasteiger partial charge in [0.25, 0.3) is 0 Å². The van der Waals surface area contributed by atoms with Crippen molar-refractivity contribution in [3.8, 4) is 5.69 Å². The molecule has 3 aliphatic rings. The van der Waals surface area contributed by atoms with E-state index in [1.165, 1.54) is 43.0 Å². The summed E-state index contributed by atoms with van der Waals surface area (Å²) >= 11 is 1.50. The minimum atomic E-state index is 0.186. The van der Waals surface area contributed by atoms with Crippen molar-refractivity contribution in [3.63, 3.8) is 0 Å². The predicted molar refractivity (Wildman–Crippen MR) is 122 cm³/mol. The van der Waals surface area contributed by atoms with Crippen molar-refractivity contribution in [3.05, 3.63) is 29.8 Å². The third-order valence-corrected chi connectivity index (χ3v) is 7.59. The number of hydrogen-bond donors (Lipinski definition) is 0. The lowest BCUT2D eigenvalue weighted by Crippen LogP contribution is -2.55. The molecule has 31 heavy (non-hydrogen) atoms. The summed E-state index contributed by atoms with van der Waals surface area (Å²) in [6.07, 6.45) is 7.10. The van der Waals surface area contributed by atoms with Crippen LogP contribution in [-0.4, -0.2) is 69.7 Å². The summed E-state index contributed by atoms with van der Waals surface area (Å²) in [5.41, 5.74) is 2.27. The summed E-state index contributed by atoms with van der Waals surface area (Å²) in [7, 11) is 0. The Morgan fingerprint density at radius 2 is 1.84 bits per heavy atom. The summed E-state index contributed by atoms with van der Waals surface area (Å²) in [4.78, 5) is 17.5. The number of fused-ring (bicyclic) bond motifs is 1. The van der Waals surface area contributed by atoms with Gasteiger partial charge >= 0.3 is 0 Å². The van der Waals surface area contributed by atoms with E-state index in [1.807, 2.05) is 0 Å². The predicted octanol–water partition coefficient (Wildman–Crippen LogP) is 3.44. The largest absolute Gasteiger partial charge is 0.374 e. The highest BCUT2D eigenvalue weighted by Gasteiger charge is 2.36. The molecular formula is C23H31N5O2S. The molecule has 7 nitrogen and oxygen atoms in total. The molecule has 1 aliphatic carbocycles. The molecule has 0 radical (unpaired) electrons. The highest BCUT2D eigenvalue weighted by Crippen LogP contribution is 2.31. The van der Waals surface area contributed by atoms with Crippen molar-refractivity contribution in [2.24, 2.45) is 0 Å². The number of hydrogen-bond acceptors (Lipinski definition) is 6. The van der Waals surface area contributed by atoms with Gasteiger partial charge < -0.3 is 14.5 Å². The topological polar surface area (TPSA) is 63.5 Å². The van der Waals surface area contributed by atoms with Crippen LogP contribution in [0, 0.1) is 6.92 Å². The minimum absolute atomic E-state index is 0.186. The Labute approximate surface area is 188 Å². The molecule has 2 unspecified atom stereocenters.